The molecule has 0 atom stereocenters. The number of para-hydroxylation sites is 1. The van der Waals surface area contributed by atoms with E-state index >= 15 is 0 Å². The van der Waals surface area contributed by atoms with Gasteiger partial charge in [0.15, 0.2) is 0 Å². The Balaban J connectivity index is 1.56. The molecule has 0 aromatic heterocycles. The number of hydrogen-bond acceptors (Lipinski definition) is 4. The molecule has 0 fully saturated rings. The van der Waals surface area contributed by atoms with Gasteiger partial charge in [0.05, 0.1) is 10.6 Å². The van der Waals surface area contributed by atoms with Crippen LogP contribution >= 0.6 is 11.8 Å². The van der Waals surface area contributed by atoms with Crippen LogP contribution in [0, 0.1) is 13.8 Å². The van der Waals surface area contributed by atoms with E-state index in [1.165, 1.54) is 15.4 Å². The van der Waals surface area contributed by atoms with E-state index in [1.54, 1.807) is 48.5 Å². The Kier molecular flexibility index (Phi) is 8.97. The normalized spacial score (nSPS) is 11.2. The lowest BCUT2D eigenvalue weighted by atomic mass is 10.1. The summed E-state index contributed by atoms with van der Waals surface area (Å²) in [6.45, 7) is 4.25. The maximum Gasteiger partial charge on any atom is 0.264 e. The van der Waals surface area contributed by atoms with Crippen molar-refractivity contribution in [2.75, 3.05) is 23.1 Å². The molecule has 0 bridgehead atoms. The van der Waals surface area contributed by atoms with Crippen LogP contribution in [0.5, 0.6) is 0 Å². The predicted octanol–water partition coefficient (Wildman–Crippen LogP) is 4.94. The van der Waals surface area contributed by atoms with Gasteiger partial charge in [-0.05, 0) is 61.4 Å². The van der Waals surface area contributed by atoms with Crippen molar-refractivity contribution in [1.29, 1.82) is 0 Å². The summed E-state index contributed by atoms with van der Waals surface area (Å²) in [5.41, 5.74) is 4.04. The van der Waals surface area contributed by atoms with E-state index in [9.17, 15) is 13.2 Å². The Hall–Kier alpha value is -2.77. The Labute approximate surface area is 201 Å². The molecule has 3 rings (SSSR count). The minimum absolute atomic E-state index is 0.164. The van der Waals surface area contributed by atoms with E-state index in [4.69, 9.17) is 0 Å². The second-order valence-corrected chi connectivity index (χ2v) is 10.8. The molecule has 0 aliphatic heterocycles. The maximum absolute atomic E-state index is 13.3. The number of rotatable bonds is 11. The van der Waals surface area contributed by atoms with E-state index in [0.29, 0.717) is 12.2 Å². The first-order valence-electron chi connectivity index (χ1n) is 10.9. The summed E-state index contributed by atoms with van der Waals surface area (Å²) in [4.78, 5) is 12.8. The molecular formula is C26H30N2O3S2. The number of aryl methyl sites for hydroxylation is 2. The van der Waals surface area contributed by atoms with Gasteiger partial charge in [-0.2, -0.15) is 11.8 Å². The Morgan fingerprint density at radius 1 is 0.909 bits per heavy atom. The zero-order chi connectivity index (χ0) is 23.7. The fraction of sp³-hybridized carbons (Fsp3) is 0.269. The lowest BCUT2D eigenvalue weighted by Crippen LogP contribution is -2.41. The second kappa shape index (κ2) is 11.9. The van der Waals surface area contributed by atoms with Crippen LogP contribution in [0.2, 0.25) is 0 Å². The molecule has 0 unspecified atom stereocenters. The fourth-order valence-electron chi connectivity index (χ4n) is 3.29. The third-order valence-corrected chi connectivity index (χ3v) is 8.13. The van der Waals surface area contributed by atoms with Gasteiger partial charge in [-0.15, -0.1) is 0 Å². The molecule has 0 spiro atoms. The minimum atomic E-state index is -3.87. The van der Waals surface area contributed by atoms with E-state index in [-0.39, 0.29) is 17.3 Å². The van der Waals surface area contributed by atoms with Crippen LogP contribution < -0.4 is 9.62 Å². The van der Waals surface area contributed by atoms with Gasteiger partial charge in [0.25, 0.3) is 10.0 Å². The smallest absolute Gasteiger partial charge is 0.264 e. The van der Waals surface area contributed by atoms with Crippen LogP contribution in [0.15, 0.2) is 83.8 Å². The molecule has 0 aliphatic carbocycles. The highest BCUT2D eigenvalue weighted by Gasteiger charge is 2.26. The quantitative estimate of drug-likeness (QED) is 0.393. The van der Waals surface area contributed by atoms with E-state index in [1.807, 2.05) is 36.9 Å². The third-order valence-electron chi connectivity index (χ3n) is 5.25. The number of hydrogen-bond donors (Lipinski definition) is 1. The van der Waals surface area contributed by atoms with Crippen molar-refractivity contribution >= 4 is 33.4 Å². The van der Waals surface area contributed by atoms with Gasteiger partial charge >= 0.3 is 0 Å². The van der Waals surface area contributed by atoms with Gasteiger partial charge in [0.1, 0.15) is 6.54 Å². The SMILES string of the molecule is Cc1ccc(S(=O)(=O)N(CC(=O)NCCCSCc2ccccc2C)c2ccccc2)cc1. The standard InChI is InChI=1S/C26H30N2O3S2/c1-21-13-15-25(16-14-21)33(30,31)28(24-11-4-3-5-12-24)19-26(29)27-17-8-18-32-20-23-10-7-6-9-22(23)2/h3-7,9-16H,8,17-20H2,1-2H3,(H,27,29). The molecule has 5 nitrogen and oxygen atoms in total. The van der Waals surface area contributed by atoms with Gasteiger partial charge in [0.2, 0.25) is 5.91 Å². The van der Waals surface area contributed by atoms with Crippen molar-refractivity contribution in [1.82, 2.24) is 5.32 Å². The lowest BCUT2D eigenvalue weighted by Gasteiger charge is -2.24. The first-order valence-corrected chi connectivity index (χ1v) is 13.5. The Morgan fingerprint density at radius 2 is 1.58 bits per heavy atom. The molecule has 7 heteroatoms. The zero-order valence-electron chi connectivity index (χ0n) is 19.0. The van der Waals surface area contributed by atoms with Crippen LogP contribution in [0.1, 0.15) is 23.1 Å². The molecule has 0 heterocycles. The van der Waals surface area contributed by atoms with E-state index in [2.05, 4.69) is 24.4 Å². The number of amides is 1. The third kappa shape index (κ3) is 7.11. The van der Waals surface area contributed by atoms with Crippen LogP contribution in [0.3, 0.4) is 0 Å². The largest absolute Gasteiger partial charge is 0.354 e. The number of carbonyl (C=O) groups excluding carboxylic acids is 1. The molecule has 1 N–H and O–H groups in total. The molecule has 0 saturated heterocycles. The van der Waals surface area contributed by atoms with Crippen LogP contribution in [0.25, 0.3) is 0 Å². The van der Waals surface area contributed by atoms with Gasteiger partial charge in [-0.3, -0.25) is 9.10 Å². The number of benzene rings is 3. The van der Waals surface area contributed by atoms with E-state index < -0.39 is 10.0 Å². The summed E-state index contributed by atoms with van der Waals surface area (Å²) in [5, 5.41) is 2.87. The summed E-state index contributed by atoms with van der Waals surface area (Å²) < 4.78 is 27.8. The molecule has 3 aromatic carbocycles. The van der Waals surface area contributed by atoms with Crippen molar-refractivity contribution in [3.05, 3.63) is 95.6 Å². The number of anilines is 1. The number of carbonyl (C=O) groups is 1. The van der Waals surface area contributed by atoms with Crippen molar-refractivity contribution < 1.29 is 13.2 Å². The first-order chi connectivity index (χ1) is 15.9. The summed E-state index contributed by atoms with van der Waals surface area (Å²) >= 11 is 1.83. The Bertz CT molecular complexity index is 1150. The molecule has 0 saturated carbocycles. The molecule has 174 valence electrons. The number of sulfonamides is 1. The molecule has 0 aliphatic rings. The molecule has 33 heavy (non-hydrogen) atoms. The van der Waals surface area contributed by atoms with Crippen LogP contribution in [0.4, 0.5) is 5.69 Å². The van der Waals surface area contributed by atoms with Crippen molar-refractivity contribution in [3.63, 3.8) is 0 Å². The highest BCUT2D eigenvalue weighted by atomic mass is 32.2. The minimum Gasteiger partial charge on any atom is -0.354 e. The van der Waals surface area contributed by atoms with Crippen molar-refractivity contribution in [3.8, 4) is 0 Å². The van der Waals surface area contributed by atoms with Crippen LogP contribution in [-0.2, 0) is 20.6 Å². The van der Waals surface area contributed by atoms with Crippen molar-refractivity contribution in [2.45, 2.75) is 30.9 Å². The number of thioether (sulfide) groups is 1. The molecule has 0 radical (unpaired) electrons. The van der Waals surface area contributed by atoms with E-state index in [0.717, 1.165) is 23.5 Å². The topological polar surface area (TPSA) is 66.5 Å². The average Bonchev–Trinajstić information content (AvgIpc) is 2.81. The Morgan fingerprint density at radius 3 is 2.27 bits per heavy atom. The summed E-state index contributed by atoms with van der Waals surface area (Å²) in [6, 6.07) is 23.7. The van der Waals surface area contributed by atoms with Crippen molar-refractivity contribution in [2.24, 2.45) is 0 Å². The van der Waals surface area contributed by atoms with Gasteiger partial charge in [-0.1, -0.05) is 60.2 Å². The number of nitrogens with one attached hydrogen (secondary N) is 1. The van der Waals surface area contributed by atoms with Gasteiger partial charge < -0.3 is 5.32 Å². The van der Waals surface area contributed by atoms with Gasteiger partial charge in [0, 0.05) is 12.3 Å². The number of nitrogens with zero attached hydrogens (tertiary/aromatic N) is 1. The highest BCUT2D eigenvalue weighted by Crippen LogP contribution is 2.23. The summed E-state index contributed by atoms with van der Waals surface area (Å²) in [6.07, 6.45) is 0.818. The molecular weight excluding hydrogens is 452 g/mol. The lowest BCUT2D eigenvalue weighted by molar-refractivity contribution is -0.119. The summed E-state index contributed by atoms with van der Waals surface area (Å²) in [7, 11) is -3.87. The second-order valence-electron chi connectivity index (χ2n) is 7.84. The molecule has 1 amide bonds. The van der Waals surface area contributed by atoms with Gasteiger partial charge in [-0.25, -0.2) is 8.42 Å². The predicted molar refractivity (Wildman–Crippen MR) is 137 cm³/mol. The first kappa shape index (κ1) is 24.9. The zero-order valence-corrected chi connectivity index (χ0v) is 20.7. The fourth-order valence-corrected chi connectivity index (χ4v) is 5.75. The summed E-state index contributed by atoms with van der Waals surface area (Å²) in [5.74, 6) is 1.54. The molecule has 3 aromatic rings. The average molecular weight is 483 g/mol. The highest BCUT2D eigenvalue weighted by molar-refractivity contribution is 7.98. The maximum atomic E-state index is 13.3. The van der Waals surface area contributed by atoms with Crippen LogP contribution in [-0.4, -0.2) is 33.2 Å². The monoisotopic (exact) mass is 482 g/mol.